The number of hydrogen-bond acceptors (Lipinski definition) is 3. The van der Waals surface area contributed by atoms with Gasteiger partial charge in [-0.1, -0.05) is 48.5 Å². The van der Waals surface area contributed by atoms with Crippen LogP contribution in [-0.2, 0) is 27.2 Å². The number of benzene rings is 2. The van der Waals surface area contributed by atoms with Crippen LogP contribution in [0.25, 0.3) is 0 Å². The zero-order valence-corrected chi connectivity index (χ0v) is 16.5. The highest BCUT2D eigenvalue weighted by atomic mass is 16.2. The summed E-state index contributed by atoms with van der Waals surface area (Å²) in [5.41, 5.74) is 9.58. The fourth-order valence-electron chi connectivity index (χ4n) is 2.97. The van der Waals surface area contributed by atoms with E-state index in [2.05, 4.69) is 10.6 Å². The molecule has 2 atom stereocenters. The summed E-state index contributed by atoms with van der Waals surface area (Å²) < 4.78 is 0. The molecule has 0 bridgehead atoms. The molecule has 0 spiro atoms. The van der Waals surface area contributed by atoms with Gasteiger partial charge in [0.1, 0.15) is 12.1 Å². The van der Waals surface area contributed by atoms with Gasteiger partial charge >= 0.3 is 0 Å². The molecule has 3 amide bonds. The molecule has 0 heterocycles. The van der Waals surface area contributed by atoms with Crippen LogP contribution in [-0.4, -0.2) is 29.8 Å². The van der Waals surface area contributed by atoms with Crippen molar-refractivity contribution >= 4 is 17.7 Å². The third-order valence-corrected chi connectivity index (χ3v) is 4.65. The van der Waals surface area contributed by atoms with Gasteiger partial charge in [-0.25, -0.2) is 0 Å². The Morgan fingerprint density at radius 1 is 0.857 bits per heavy atom. The molecule has 0 saturated carbocycles. The highest BCUT2D eigenvalue weighted by Gasteiger charge is 2.25. The molecule has 0 unspecified atom stereocenters. The quantitative estimate of drug-likeness (QED) is 0.647. The predicted molar refractivity (Wildman–Crippen MR) is 108 cm³/mol. The highest BCUT2D eigenvalue weighted by Crippen LogP contribution is 2.12. The van der Waals surface area contributed by atoms with Gasteiger partial charge < -0.3 is 16.4 Å². The minimum Gasteiger partial charge on any atom is -0.368 e. The van der Waals surface area contributed by atoms with E-state index in [1.54, 1.807) is 0 Å². The second-order valence-electron chi connectivity index (χ2n) is 7.03. The molecule has 28 heavy (non-hydrogen) atoms. The van der Waals surface area contributed by atoms with Crippen LogP contribution < -0.4 is 16.4 Å². The minimum absolute atomic E-state index is 0.292. The zero-order chi connectivity index (χ0) is 20.7. The van der Waals surface area contributed by atoms with Crippen LogP contribution in [0.2, 0.25) is 0 Å². The van der Waals surface area contributed by atoms with E-state index in [1.807, 2.05) is 62.4 Å². The summed E-state index contributed by atoms with van der Waals surface area (Å²) in [5, 5.41) is 5.35. The van der Waals surface area contributed by atoms with Gasteiger partial charge in [-0.15, -0.1) is 0 Å². The lowest BCUT2D eigenvalue weighted by Crippen LogP contribution is -2.54. The lowest BCUT2D eigenvalue weighted by molar-refractivity contribution is -0.130. The van der Waals surface area contributed by atoms with Gasteiger partial charge in [0.25, 0.3) is 0 Å². The van der Waals surface area contributed by atoms with Gasteiger partial charge in [-0.05, 0) is 36.1 Å². The number of carbonyl (C=O) groups is 3. The molecule has 148 valence electrons. The summed E-state index contributed by atoms with van der Waals surface area (Å²) in [6, 6.07) is 13.6. The van der Waals surface area contributed by atoms with Crippen molar-refractivity contribution < 1.29 is 14.4 Å². The van der Waals surface area contributed by atoms with Crippen molar-refractivity contribution in [2.45, 2.75) is 45.7 Å². The summed E-state index contributed by atoms with van der Waals surface area (Å²) in [6.07, 6.45) is 0.613. The summed E-state index contributed by atoms with van der Waals surface area (Å²) in [6.45, 7) is 5.35. The van der Waals surface area contributed by atoms with Crippen molar-refractivity contribution in [3.05, 3.63) is 70.8 Å². The molecule has 0 aliphatic rings. The summed E-state index contributed by atoms with van der Waals surface area (Å²) in [5.74, 6) is -1.37. The topological polar surface area (TPSA) is 101 Å². The van der Waals surface area contributed by atoms with Gasteiger partial charge in [-0.2, -0.15) is 0 Å². The standard InChI is InChI=1S/C22H27N3O3/c1-14-9-10-18(11-15(14)2)13-19(21(23)27)25-22(28)20(24-16(3)26)12-17-7-5-4-6-8-17/h4-11,19-20H,12-13H2,1-3H3,(H2,23,27)(H,24,26)(H,25,28)/t19-,20+/m0/s1. The molecule has 2 rings (SSSR count). The number of hydrogen-bond donors (Lipinski definition) is 3. The van der Waals surface area contributed by atoms with E-state index >= 15 is 0 Å². The molecule has 4 N–H and O–H groups in total. The first-order valence-corrected chi connectivity index (χ1v) is 9.23. The van der Waals surface area contributed by atoms with Crippen molar-refractivity contribution in [2.24, 2.45) is 5.73 Å². The fraction of sp³-hybridized carbons (Fsp3) is 0.318. The molecular weight excluding hydrogens is 354 g/mol. The van der Waals surface area contributed by atoms with Gasteiger partial charge in [0.15, 0.2) is 0 Å². The lowest BCUT2D eigenvalue weighted by atomic mass is 9.99. The SMILES string of the molecule is CC(=O)N[C@H](Cc1ccccc1)C(=O)N[C@@H](Cc1ccc(C)c(C)c1)C(N)=O. The van der Waals surface area contributed by atoms with Crippen LogP contribution in [0.4, 0.5) is 0 Å². The number of carbonyl (C=O) groups excluding carboxylic acids is 3. The number of amides is 3. The van der Waals surface area contributed by atoms with Crippen LogP contribution in [0.3, 0.4) is 0 Å². The third-order valence-electron chi connectivity index (χ3n) is 4.65. The van der Waals surface area contributed by atoms with Crippen molar-refractivity contribution in [3.8, 4) is 0 Å². The van der Waals surface area contributed by atoms with Crippen LogP contribution in [0, 0.1) is 13.8 Å². The Labute approximate surface area is 165 Å². The number of nitrogens with two attached hydrogens (primary N) is 1. The Morgan fingerprint density at radius 2 is 1.50 bits per heavy atom. The van der Waals surface area contributed by atoms with Crippen LogP contribution in [0.1, 0.15) is 29.2 Å². The van der Waals surface area contributed by atoms with Gasteiger partial charge in [0.05, 0.1) is 0 Å². The first kappa shape index (κ1) is 21.2. The number of nitrogens with one attached hydrogen (secondary N) is 2. The molecule has 2 aromatic carbocycles. The van der Waals surface area contributed by atoms with Gasteiger partial charge in [0.2, 0.25) is 17.7 Å². The molecule has 0 aromatic heterocycles. The van der Waals surface area contributed by atoms with Gasteiger partial charge in [-0.3, -0.25) is 14.4 Å². The maximum atomic E-state index is 12.8. The summed E-state index contributed by atoms with van der Waals surface area (Å²) in [4.78, 5) is 36.2. The number of aryl methyl sites for hydroxylation is 2. The average molecular weight is 381 g/mol. The second kappa shape index (κ2) is 9.69. The number of rotatable bonds is 8. The third kappa shape index (κ3) is 6.23. The van der Waals surface area contributed by atoms with Crippen LogP contribution in [0.15, 0.2) is 48.5 Å². The van der Waals surface area contributed by atoms with E-state index in [4.69, 9.17) is 5.73 Å². The molecule has 2 aromatic rings. The molecular formula is C22H27N3O3. The first-order chi connectivity index (χ1) is 13.3. The lowest BCUT2D eigenvalue weighted by Gasteiger charge is -2.22. The Bertz CT molecular complexity index is 849. The Balaban J connectivity index is 2.13. The Hall–Kier alpha value is -3.15. The molecule has 0 aliphatic heterocycles. The largest absolute Gasteiger partial charge is 0.368 e. The minimum atomic E-state index is -0.860. The first-order valence-electron chi connectivity index (χ1n) is 9.23. The van der Waals surface area contributed by atoms with E-state index < -0.39 is 23.9 Å². The maximum absolute atomic E-state index is 12.8. The highest BCUT2D eigenvalue weighted by molar-refractivity contribution is 5.91. The molecule has 0 saturated heterocycles. The predicted octanol–water partition coefficient (Wildman–Crippen LogP) is 1.56. The Kier molecular flexibility index (Phi) is 7.32. The van der Waals surface area contributed by atoms with E-state index in [0.29, 0.717) is 12.8 Å². The monoisotopic (exact) mass is 381 g/mol. The van der Waals surface area contributed by atoms with Crippen LogP contribution in [0.5, 0.6) is 0 Å². The van der Waals surface area contributed by atoms with Crippen molar-refractivity contribution in [3.63, 3.8) is 0 Å². The molecule has 0 aliphatic carbocycles. The summed E-state index contributed by atoms with van der Waals surface area (Å²) >= 11 is 0. The van der Waals surface area contributed by atoms with E-state index in [0.717, 1.165) is 22.3 Å². The second-order valence-corrected chi connectivity index (χ2v) is 7.03. The van der Waals surface area contributed by atoms with E-state index in [-0.39, 0.29) is 5.91 Å². The van der Waals surface area contributed by atoms with Crippen LogP contribution >= 0.6 is 0 Å². The number of primary amides is 1. The average Bonchev–Trinajstić information content (AvgIpc) is 2.64. The fourth-order valence-corrected chi connectivity index (χ4v) is 2.97. The maximum Gasteiger partial charge on any atom is 0.243 e. The van der Waals surface area contributed by atoms with E-state index in [1.165, 1.54) is 6.92 Å². The summed E-state index contributed by atoms with van der Waals surface area (Å²) in [7, 11) is 0. The molecule has 0 fully saturated rings. The molecule has 0 radical (unpaired) electrons. The van der Waals surface area contributed by atoms with Crippen molar-refractivity contribution in [2.75, 3.05) is 0 Å². The smallest absolute Gasteiger partial charge is 0.243 e. The molecule has 6 nitrogen and oxygen atoms in total. The van der Waals surface area contributed by atoms with Crippen molar-refractivity contribution in [1.82, 2.24) is 10.6 Å². The zero-order valence-electron chi connectivity index (χ0n) is 16.5. The molecule has 6 heteroatoms. The van der Waals surface area contributed by atoms with Gasteiger partial charge in [0, 0.05) is 19.8 Å². The Morgan fingerprint density at radius 3 is 2.07 bits per heavy atom. The van der Waals surface area contributed by atoms with E-state index in [9.17, 15) is 14.4 Å². The normalized spacial score (nSPS) is 12.7. The van der Waals surface area contributed by atoms with Crippen molar-refractivity contribution in [1.29, 1.82) is 0 Å².